The molecule has 17 heavy (non-hydrogen) atoms. The first kappa shape index (κ1) is 16.2. The van der Waals surface area contributed by atoms with Crippen molar-refractivity contribution < 1.29 is 9.90 Å². The maximum Gasteiger partial charge on any atom is 0.224 e. The lowest BCUT2D eigenvalue weighted by Gasteiger charge is -2.08. The molecule has 0 saturated heterocycles. The molecule has 96 valence electrons. The molecule has 0 aliphatic rings. The van der Waals surface area contributed by atoms with Gasteiger partial charge in [-0.15, -0.1) is 12.4 Å². The Bertz CT molecular complexity index is 386. The maximum absolute atomic E-state index is 11.5. The van der Waals surface area contributed by atoms with Gasteiger partial charge in [0, 0.05) is 16.9 Å². The van der Waals surface area contributed by atoms with Crippen LogP contribution in [0.4, 0.5) is 5.69 Å². The zero-order valence-corrected chi connectivity index (χ0v) is 11.8. The molecule has 1 unspecified atom stereocenters. The Kier molecular flexibility index (Phi) is 7.18. The van der Waals surface area contributed by atoms with Gasteiger partial charge in [-0.2, -0.15) is 0 Å². The Morgan fingerprint density at radius 1 is 1.59 bits per heavy atom. The minimum absolute atomic E-state index is 0. The highest BCUT2D eigenvalue weighted by Gasteiger charge is 2.07. The van der Waals surface area contributed by atoms with Gasteiger partial charge in [-0.25, -0.2) is 0 Å². The van der Waals surface area contributed by atoms with Crippen LogP contribution in [-0.2, 0) is 4.79 Å². The molecule has 1 amide bonds. The average molecular weight is 324 g/mol. The highest BCUT2D eigenvalue weighted by Crippen LogP contribution is 2.26. The van der Waals surface area contributed by atoms with E-state index in [1.807, 2.05) is 6.92 Å². The number of amides is 1. The lowest BCUT2D eigenvalue weighted by atomic mass is 10.2. The number of benzene rings is 1. The summed E-state index contributed by atoms with van der Waals surface area (Å²) in [5, 5.41) is 12.1. The number of aromatic hydroxyl groups is 1. The van der Waals surface area contributed by atoms with Crippen molar-refractivity contribution in [2.75, 3.05) is 5.32 Å². The normalized spacial score (nSPS) is 11.5. The molecule has 0 fully saturated rings. The number of phenolic OH excluding ortho intramolecular Hbond substituents is 1. The van der Waals surface area contributed by atoms with Crippen molar-refractivity contribution in [1.82, 2.24) is 0 Å². The molecule has 6 heteroatoms. The highest BCUT2D eigenvalue weighted by atomic mass is 79.9. The van der Waals surface area contributed by atoms with E-state index in [0.717, 1.165) is 4.47 Å². The fourth-order valence-corrected chi connectivity index (χ4v) is 1.54. The Labute approximate surface area is 115 Å². The molecule has 1 rings (SSSR count). The number of rotatable bonds is 4. The second kappa shape index (κ2) is 7.53. The molecule has 0 aromatic heterocycles. The van der Waals surface area contributed by atoms with E-state index in [4.69, 9.17) is 5.73 Å². The molecule has 0 heterocycles. The summed E-state index contributed by atoms with van der Waals surface area (Å²) in [6, 6.07) is 4.87. The van der Waals surface area contributed by atoms with E-state index < -0.39 is 0 Å². The van der Waals surface area contributed by atoms with Crippen LogP contribution in [0.2, 0.25) is 0 Å². The SMILES string of the molecule is CC(N)CCC(=O)Nc1cc(Br)ccc1O.Cl. The van der Waals surface area contributed by atoms with Crippen LogP contribution in [-0.4, -0.2) is 17.1 Å². The fourth-order valence-electron chi connectivity index (χ4n) is 1.18. The van der Waals surface area contributed by atoms with E-state index in [2.05, 4.69) is 21.2 Å². The van der Waals surface area contributed by atoms with Crippen LogP contribution in [0, 0.1) is 0 Å². The second-order valence-electron chi connectivity index (χ2n) is 3.73. The van der Waals surface area contributed by atoms with Crippen LogP contribution >= 0.6 is 28.3 Å². The largest absolute Gasteiger partial charge is 0.506 e. The molecule has 1 aromatic rings. The number of nitrogens with one attached hydrogen (secondary N) is 1. The monoisotopic (exact) mass is 322 g/mol. The van der Waals surface area contributed by atoms with Gasteiger partial charge >= 0.3 is 0 Å². The van der Waals surface area contributed by atoms with Crippen LogP contribution in [0.5, 0.6) is 5.75 Å². The third-order valence-corrected chi connectivity index (χ3v) is 2.55. The third kappa shape index (κ3) is 5.91. The number of halogens is 2. The molecule has 0 saturated carbocycles. The highest BCUT2D eigenvalue weighted by molar-refractivity contribution is 9.10. The molecule has 0 radical (unpaired) electrons. The van der Waals surface area contributed by atoms with Crippen molar-refractivity contribution in [1.29, 1.82) is 0 Å². The van der Waals surface area contributed by atoms with Gasteiger partial charge in [0.1, 0.15) is 5.75 Å². The summed E-state index contributed by atoms with van der Waals surface area (Å²) in [5.41, 5.74) is 5.96. The summed E-state index contributed by atoms with van der Waals surface area (Å²) < 4.78 is 0.799. The third-order valence-electron chi connectivity index (χ3n) is 2.06. The summed E-state index contributed by atoms with van der Waals surface area (Å²) in [7, 11) is 0. The number of nitrogens with two attached hydrogens (primary N) is 1. The number of carbonyl (C=O) groups is 1. The minimum Gasteiger partial charge on any atom is -0.506 e. The summed E-state index contributed by atoms with van der Waals surface area (Å²) in [5.74, 6) is -0.0944. The topological polar surface area (TPSA) is 75.4 Å². The van der Waals surface area contributed by atoms with Gasteiger partial charge in [0.25, 0.3) is 0 Å². The van der Waals surface area contributed by atoms with Gasteiger partial charge in [0.05, 0.1) is 5.69 Å². The fraction of sp³-hybridized carbons (Fsp3) is 0.364. The average Bonchev–Trinajstić information content (AvgIpc) is 2.20. The molecule has 0 bridgehead atoms. The van der Waals surface area contributed by atoms with Crippen molar-refractivity contribution in [2.24, 2.45) is 5.73 Å². The molecule has 4 nitrogen and oxygen atoms in total. The lowest BCUT2D eigenvalue weighted by Crippen LogP contribution is -2.19. The summed E-state index contributed by atoms with van der Waals surface area (Å²) in [6.45, 7) is 1.85. The lowest BCUT2D eigenvalue weighted by molar-refractivity contribution is -0.116. The van der Waals surface area contributed by atoms with Crippen molar-refractivity contribution in [3.8, 4) is 5.75 Å². The predicted molar refractivity (Wildman–Crippen MR) is 74.6 cm³/mol. The van der Waals surface area contributed by atoms with Crippen molar-refractivity contribution in [3.05, 3.63) is 22.7 Å². The van der Waals surface area contributed by atoms with Crippen molar-refractivity contribution >= 4 is 39.9 Å². The number of carbonyl (C=O) groups excluding carboxylic acids is 1. The quantitative estimate of drug-likeness (QED) is 0.746. The minimum atomic E-state index is -0.147. The Morgan fingerprint density at radius 2 is 2.24 bits per heavy atom. The number of hydrogen-bond acceptors (Lipinski definition) is 3. The predicted octanol–water partition coefficient (Wildman–Crippen LogP) is 2.64. The second-order valence-corrected chi connectivity index (χ2v) is 4.64. The van der Waals surface area contributed by atoms with Crippen LogP contribution in [0.3, 0.4) is 0 Å². The van der Waals surface area contributed by atoms with Crippen molar-refractivity contribution in [2.45, 2.75) is 25.8 Å². The molecule has 1 aromatic carbocycles. The Balaban J connectivity index is 0.00000256. The van der Waals surface area contributed by atoms with Gasteiger partial charge in [-0.3, -0.25) is 4.79 Å². The first-order chi connectivity index (χ1) is 7.49. The van der Waals surface area contributed by atoms with E-state index in [0.29, 0.717) is 18.5 Å². The zero-order chi connectivity index (χ0) is 12.1. The van der Waals surface area contributed by atoms with Crippen LogP contribution in [0.15, 0.2) is 22.7 Å². The van der Waals surface area contributed by atoms with E-state index in [-0.39, 0.29) is 30.1 Å². The van der Waals surface area contributed by atoms with Gasteiger partial charge < -0.3 is 16.2 Å². The van der Waals surface area contributed by atoms with Crippen LogP contribution in [0.1, 0.15) is 19.8 Å². The zero-order valence-electron chi connectivity index (χ0n) is 9.44. The molecule has 4 N–H and O–H groups in total. The van der Waals surface area contributed by atoms with Crippen LogP contribution in [0.25, 0.3) is 0 Å². The van der Waals surface area contributed by atoms with E-state index in [9.17, 15) is 9.90 Å². The molecule has 0 aliphatic heterocycles. The molecular formula is C11H16BrClN2O2. The molecule has 1 atom stereocenters. The maximum atomic E-state index is 11.5. The molecular weight excluding hydrogens is 307 g/mol. The van der Waals surface area contributed by atoms with Crippen LogP contribution < -0.4 is 11.1 Å². The first-order valence-electron chi connectivity index (χ1n) is 5.03. The number of anilines is 1. The van der Waals surface area contributed by atoms with Gasteiger partial charge in [0.15, 0.2) is 0 Å². The van der Waals surface area contributed by atoms with Crippen molar-refractivity contribution in [3.63, 3.8) is 0 Å². The van der Waals surface area contributed by atoms with Gasteiger partial charge in [-0.1, -0.05) is 15.9 Å². The molecule has 0 aliphatic carbocycles. The van der Waals surface area contributed by atoms with Gasteiger partial charge in [-0.05, 0) is 31.5 Å². The van der Waals surface area contributed by atoms with E-state index in [1.165, 1.54) is 6.07 Å². The summed E-state index contributed by atoms with van der Waals surface area (Å²) in [4.78, 5) is 11.5. The van der Waals surface area contributed by atoms with E-state index in [1.54, 1.807) is 12.1 Å². The first-order valence-corrected chi connectivity index (χ1v) is 5.82. The molecule has 0 spiro atoms. The van der Waals surface area contributed by atoms with Gasteiger partial charge in [0.2, 0.25) is 5.91 Å². The smallest absolute Gasteiger partial charge is 0.224 e. The standard InChI is InChI=1S/C11H15BrN2O2.ClH/c1-7(13)2-5-11(16)14-9-6-8(12)3-4-10(9)15;/h3-4,6-7,15H,2,5,13H2,1H3,(H,14,16);1H. The Hall–Kier alpha value is -0.780. The number of hydrogen-bond donors (Lipinski definition) is 3. The summed E-state index contributed by atoms with van der Waals surface area (Å²) >= 11 is 3.27. The summed E-state index contributed by atoms with van der Waals surface area (Å²) in [6.07, 6.45) is 0.976. The van der Waals surface area contributed by atoms with E-state index >= 15 is 0 Å². The number of phenols is 1. The Morgan fingerprint density at radius 3 is 2.82 bits per heavy atom.